The van der Waals surface area contributed by atoms with Gasteiger partial charge >= 0.3 is 0 Å². The molecule has 1 atom stereocenters. The molecule has 1 aliphatic carbocycles. The lowest BCUT2D eigenvalue weighted by Crippen LogP contribution is -2.48. The first-order valence-corrected chi connectivity index (χ1v) is 13.0. The van der Waals surface area contributed by atoms with E-state index in [-0.39, 0.29) is 30.4 Å². The number of rotatable bonds is 9. The van der Waals surface area contributed by atoms with Crippen LogP contribution in [-0.4, -0.2) is 61.6 Å². The molecule has 5 rings (SSSR count). The monoisotopic (exact) mass is 506 g/mol. The quantitative estimate of drug-likeness (QED) is 0.425. The van der Waals surface area contributed by atoms with Crippen molar-refractivity contribution in [3.8, 4) is 17.2 Å². The topological polar surface area (TPSA) is 68.3 Å². The molecule has 7 nitrogen and oxygen atoms in total. The summed E-state index contributed by atoms with van der Waals surface area (Å²) in [5.74, 6) is 1.57. The molecule has 0 bridgehead atoms. The van der Waals surface area contributed by atoms with Crippen LogP contribution in [0.25, 0.3) is 0 Å². The summed E-state index contributed by atoms with van der Waals surface area (Å²) in [6, 6.07) is 16.6. The Labute approximate surface area is 215 Å². The summed E-state index contributed by atoms with van der Waals surface area (Å²) in [7, 11) is 3.16. The number of methoxy groups -OCH3 is 2. The van der Waals surface area contributed by atoms with E-state index in [0.29, 0.717) is 36.0 Å². The summed E-state index contributed by atoms with van der Waals surface area (Å²) in [4.78, 5) is 32.1. The van der Waals surface area contributed by atoms with Crippen molar-refractivity contribution in [2.75, 3.05) is 33.9 Å². The number of carbonyl (C=O) groups is 2. The van der Waals surface area contributed by atoms with E-state index < -0.39 is 0 Å². The highest BCUT2D eigenvalue weighted by atomic mass is 32.1. The molecule has 36 heavy (non-hydrogen) atoms. The number of carbonyl (C=O) groups excluding carboxylic acids is 2. The van der Waals surface area contributed by atoms with E-state index in [4.69, 9.17) is 14.2 Å². The van der Waals surface area contributed by atoms with Crippen LogP contribution >= 0.6 is 11.3 Å². The summed E-state index contributed by atoms with van der Waals surface area (Å²) in [5, 5.41) is 2.07. The van der Waals surface area contributed by atoms with Gasteiger partial charge in [-0.1, -0.05) is 24.3 Å². The molecule has 0 unspecified atom stereocenters. The lowest BCUT2D eigenvalue weighted by molar-refractivity contribution is -0.135. The van der Waals surface area contributed by atoms with Crippen LogP contribution in [0.4, 0.5) is 0 Å². The van der Waals surface area contributed by atoms with Gasteiger partial charge in [-0.05, 0) is 60.5 Å². The van der Waals surface area contributed by atoms with Crippen molar-refractivity contribution in [3.05, 3.63) is 76.0 Å². The van der Waals surface area contributed by atoms with Crippen LogP contribution < -0.4 is 14.2 Å². The molecule has 1 aromatic heterocycles. The van der Waals surface area contributed by atoms with Gasteiger partial charge in [-0.25, -0.2) is 0 Å². The minimum absolute atomic E-state index is 0.0339. The molecule has 2 aliphatic rings. The van der Waals surface area contributed by atoms with Crippen molar-refractivity contribution in [2.45, 2.75) is 31.3 Å². The maximum absolute atomic E-state index is 13.7. The molecule has 0 N–H and O–H groups in total. The molecule has 0 saturated heterocycles. The SMILES string of the molecule is COc1ccccc1OC[C@@H]1c2ccsc2CCN1C(=O)CN(C(=O)c1ccccc1OC)C1CC1. The maximum Gasteiger partial charge on any atom is 0.258 e. The minimum Gasteiger partial charge on any atom is -0.496 e. The van der Waals surface area contributed by atoms with Gasteiger partial charge in [0.25, 0.3) is 5.91 Å². The standard InChI is InChI=1S/C28H30N2O5S/c1-33-23-8-4-3-7-21(23)28(32)30(19-11-12-19)17-27(31)29-15-13-26-20(14-16-36-26)22(29)18-35-25-10-6-5-9-24(25)34-2/h3-10,14,16,19,22H,11-13,15,17-18H2,1-2H3/t22-/m1/s1. The van der Waals surface area contributed by atoms with Gasteiger partial charge in [0.2, 0.25) is 5.91 Å². The van der Waals surface area contributed by atoms with E-state index in [2.05, 4.69) is 11.4 Å². The third kappa shape index (κ3) is 4.91. The van der Waals surface area contributed by atoms with Crippen LogP contribution in [0.3, 0.4) is 0 Å². The first kappa shape index (κ1) is 24.2. The van der Waals surface area contributed by atoms with E-state index in [1.807, 2.05) is 41.3 Å². The minimum atomic E-state index is -0.236. The van der Waals surface area contributed by atoms with Crippen LogP contribution in [-0.2, 0) is 11.2 Å². The second kappa shape index (κ2) is 10.6. The highest BCUT2D eigenvalue weighted by Crippen LogP contribution is 2.36. The number of hydrogen-bond donors (Lipinski definition) is 0. The molecule has 2 amide bonds. The fraction of sp³-hybridized carbons (Fsp3) is 0.357. The molecule has 0 spiro atoms. The normalized spacial score (nSPS) is 16.7. The predicted molar refractivity (Wildman–Crippen MR) is 138 cm³/mol. The summed E-state index contributed by atoms with van der Waals surface area (Å²) in [6.07, 6.45) is 2.61. The average molecular weight is 507 g/mol. The molecule has 188 valence electrons. The molecule has 1 fully saturated rings. The van der Waals surface area contributed by atoms with E-state index >= 15 is 0 Å². The van der Waals surface area contributed by atoms with E-state index in [9.17, 15) is 9.59 Å². The van der Waals surface area contributed by atoms with E-state index in [1.165, 1.54) is 4.88 Å². The number of nitrogens with zero attached hydrogens (tertiary/aromatic N) is 2. The number of fused-ring (bicyclic) bond motifs is 1. The molecule has 2 aromatic carbocycles. The van der Waals surface area contributed by atoms with Crippen LogP contribution in [0.15, 0.2) is 60.0 Å². The van der Waals surface area contributed by atoms with Gasteiger partial charge in [0, 0.05) is 17.5 Å². The summed E-state index contributed by atoms with van der Waals surface area (Å²) >= 11 is 1.71. The van der Waals surface area contributed by atoms with E-state index in [1.54, 1.807) is 42.6 Å². The molecule has 3 aromatic rings. The number of benzene rings is 2. The first-order chi connectivity index (χ1) is 17.6. The summed E-state index contributed by atoms with van der Waals surface area (Å²) in [6.45, 7) is 0.930. The summed E-state index contributed by atoms with van der Waals surface area (Å²) in [5.41, 5.74) is 1.60. The zero-order chi connectivity index (χ0) is 25.1. The zero-order valence-electron chi connectivity index (χ0n) is 20.5. The number of hydrogen-bond acceptors (Lipinski definition) is 6. The third-order valence-corrected chi connectivity index (χ3v) is 7.77. The number of amides is 2. The number of ether oxygens (including phenoxy) is 3. The van der Waals surface area contributed by atoms with Crippen LogP contribution in [0.1, 0.15) is 39.7 Å². The fourth-order valence-electron chi connectivity index (χ4n) is 4.75. The second-order valence-corrected chi connectivity index (χ2v) is 9.98. The zero-order valence-corrected chi connectivity index (χ0v) is 21.3. The Kier molecular flexibility index (Phi) is 7.13. The lowest BCUT2D eigenvalue weighted by atomic mass is 10.00. The van der Waals surface area contributed by atoms with Gasteiger partial charge in [-0.15, -0.1) is 11.3 Å². The molecule has 1 aliphatic heterocycles. The fourth-order valence-corrected chi connectivity index (χ4v) is 5.68. The van der Waals surface area contributed by atoms with Crippen molar-refractivity contribution in [1.29, 1.82) is 0 Å². The van der Waals surface area contributed by atoms with Gasteiger partial charge < -0.3 is 24.0 Å². The summed E-state index contributed by atoms with van der Waals surface area (Å²) < 4.78 is 17.0. The molecule has 2 heterocycles. The van der Waals surface area contributed by atoms with E-state index in [0.717, 1.165) is 24.8 Å². The molecular formula is C28H30N2O5S. The maximum atomic E-state index is 13.7. The number of para-hydroxylation sites is 3. The number of thiophene rings is 1. The van der Waals surface area contributed by atoms with Gasteiger partial charge in [0.1, 0.15) is 18.9 Å². The van der Waals surface area contributed by atoms with Gasteiger partial charge in [-0.2, -0.15) is 0 Å². The highest BCUT2D eigenvalue weighted by Gasteiger charge is 2.38. The van der Waals surface area contributed by atoms with Crippen molar-refractivity contribution in [2.24, 2.45) is 0 Å². The molecular weight excluding hydrogens is 476 g/mol. The van der Waals surface area contributed by atoms with Crippen molar-refractivity contribution in [3.63, 3.8) is 0 Å². The first-order valence-electron chi connectivity index (χ1n) is 12.2. The van der Waals surface area contributed by atoms with Crippen LogP contribution in [0, 0.1) is 0 Å². The third-order valence-electron chi connectivity index (χ3n) is 6.77. The van der Waals surface area contributed by atoms with Gasteiger partial charge in [-0.3, -0.25) is 9.59 Å². The Hall–Kier alpha value is -3.52. The van der Waals surface area contributed by atoms with Crippen molar-refractivity contribution >= 4 is 23.2 Å². The van der Waals surface area contributed by atoms with Crippen molar-refractivity contribution in [1.82, 2.24) is 9.80 Å². The Morgan fingerprint density at radius 1 is 0.972 bits per heavy atom. The molecule has 8 heteroatoms. The predicted octanol–water partition coefficient (Wildman–Crippen LogP) is 4.57. The van der Waals surface area contributed by atoms with Crippen LogP contribution in [0.2, 0.25) is 0 Å². The van der Waals surface area contributed by atoms with Crippen LogP contribution in [0.5, 0.6) is 17.2 Å². The smallest absolute Gasteiger partial charge is 0.258 e. The highest BCUT2D eigenvalue weighted by molar-refractivity contribution is 7.10. The average Bonchev–Trinajstić information content (AvgIpc) is 3.65. The van der Waals surface area contributed by atoms with Gasteiger partial charge in [0.15, 0.2) is 11.5 Å². The largest absolute Gasteiger partial charge is 0.496 e. The Bertz CT molecular complexity index is 1240. The lowest BCUT2D eigenvalue weighted by Gasteiger charge is -2.37. The second-order valence-electron chi connectivity index (χ2n) is 8.98. The Balaban J connectivity index is 1.36. The Morgan fingerprint density at radius 2 is 1.67 bits per heavy atom. The Morgan fingerprint density at radius 3 is 2.39 bits per heavy atom. The molecule has 0 radical (unpaired) electrons. The van der Waals surface area contributed by atoms with Gasteiger partial charge in [0.05, 0.1) is 25.8 Å². The molecule has 1 saturated carbocycles. The van der Waals surface area contributed by atoms with Crippen molar-refractivity contribution < 1.29 is 23.8 Å².